The number of rotatable bonds is 19. The summed E-state index contributed by atoms with van der Waals surface area (Å²) in [5.74, 6) is -4.64. The van der Waals surface area contributed by atoms with E-state index in [-0.39, 0.29) is 42.7 Å². The molecule has 11 atom stereocenters. The molecule has 2 aliphatic rings. The number of ether oxygens (including phenoxy) is 6. The number of aromatic nitrogens is 4. The number of hydrogen-bond donors (Lipinski definition) is 1. The maximum absolute atomic E-state index is 15.3. The molecule has 4 aromatic rings. The van der Waals surface area contributed by atoms with Gasteiger partial charge >= 0.3 is 39.1 Å². The number of nitrogens with two attached hydrogens (primary N) is 1. The van der Waals surface area contributed by atoms with Crippen molar-refractivity contribution in [3.63, 3.8) is 0 Å². The summed E-state index contributed by atoms with van der Waals surface area (Å²) in [5, 5.41) is 0. The van der Waals surface area contributed by atoms with Crippen molar-refractivity contribution in [2.45, 2.75) is 97.8 Å². The molecule has 5 unspecified atom stereocenters. The Balaban J connectivity index is 1.36. The molecule has 6 rings (SSSR count). The van der Waals surface area contributed by atoms with Crippen LogP contribution in [-0.2, 0) is 88.0 Å². The van der Waals surface area contributed by atoms with E-state index in [0.29, 0.717) is 11.1 Å². The van der Waals surface area contributed by atoms with Crippen LogP contribution in [0.1, 0.15) is 58.9 Å². The van der Waals surface area contributed by atoms with E-state index >= 15 is 9.13 Å². The normalized spacial score (nSPS) is 26.3. The molecule has 2 aromatic carbocycles. The van der Waals surface area contributed by atoms with E-state index in [0.717, 1.165) is 13.8 Å². The minimum atomic E-state index is -4.77. The highest BCUT2D eigenvalue weighted by molar-refractivity contribution is 7.71. The Bertz CT molecular complexity index is 2350. The number of fused-ring (bicyclic) bond motifs is 1. The van der Waals surface area contributed by atoms with Gasteiger partial charge in [0.25, 0.3) is 0 Å². The van der Waals surface area contributed by atoms with Gasteiger partial charge in [0.1, 0.15) is 24.6 Å². The molecule has 346 valence electrons. The number of imidazole rings is 1. The first-order valence-electron chi connectivity index (χ1n) is 20.2. The van der Waals surface area contributed by atoms with Gasteiger partial charge in [-0.05, 0) is 17.0 Å². The van der Waals surface area contributed by atoms with Crippen molar-refractivity contribution in [2.24, 2.45) is 11.8 Å². The fourth-order valence-electron chi connectivity index (χ4n) is 7.14. The van der Waals surface area contributed by atoms with Crippen LogP contribution in [0.15, 0.2) is 73.3 Å². The molecule has 2 aliphatic heterocycles. The smallest absolute Gasteiger partial charge is 0.345 e. The first-order chi connectivity index (χ1) is 30.4. The third kappa shape index (κ3) is 12.4. The Labute approximate surface area is 368 Å². The standard InChI is InChI=1S/C41H51N5O16P2/c1-24-25(2)35(57-27(4)48)41(61-32(24)19-53-26(3)47)62-64(52,55-18-31-15-11-8-12-16-31)23-63(51,54-17-30-13-9-7-10-14-30)56-20-33-36(58-28(5)49)37(59-29(6)50)40(60-33)46-22-45-34-38(42)43-21-44-39(34)46/h7-16,21-22,24-25,32-33,35-37,40-41H,17-20,23H2,1-6H3,(H2,42,43,44)/t24-,25-,32?,33+,35?,36?,37-,40+,41-,63?,64?/m0/s1. The van der Waals surface area contributed by atoms with Crippen LogP contribution in [0, 0.1) is 11.8 Å². The average Bonchev–Trinajstić information content (AvgIpc) is 3.82. The number of nitrogen functional groups attached to an aromatic ring is 1. The quantitative estimate of drug-likeness (QED) is 0.0694. The van der Waals surface area contributed by atoms with E-state index in [1.807, 2.05) is 0 Å². The molecule has 4 heterocycles. The highest BCUT2D eigenvalue weighted by Gasteiger charge is 2.53. The Morgan fingerprint density at radius 2 is 1.25 bits per heavy atom. The SMILES string of the molecule is CC(=O)OCC1O[C@@H](OP(=O)(CP(=O)(OCc2ccccc2)OC[C@H]2O[C@@H](n3cnc4c(N)ncnc43)[C@@H](OC(C)=O)C2OC(C)=O)OCc2ccccc2)C(OC(C)=O)[C@@H](C)[C@@H]1C. The second-order valence-electron chi connectivity index (χ2n) is 15.2. The highest BCUT2D eigenvalue weighted by Crippen LogP contribution is 2.66. The summed E-state index contributed by atoms with van der Waals surface area (Å²) < 4.78 is 91.2. The Kier molecular flexibility index (Phi) is 16.1. The Morgan fingerprint density at radius 3 is 1.84 bits per heavy atom. The van der Waals surface area contributed by atoms with Crippen LogP contribution in [0.2, 0.25) is 0 Å². The van der Waals surface area contributed by atoms with Crippen molar-refractivity contribution in [2.75, 3.05) is 24.9 Å². The largest absolute Gasteiger partial charge is 0.463 e. The van der Waals surface area contributed by atoms with Crippen LogP contribution in [0.3, 0.4) is 0 Å². The van der Waals surface area contributed by atoms with E-state index in [4.69, 9.17) is 52.2 Å². The zero-order chi connectivity index (χ0) is 46.2. The summed E-state index contributed by atoms with van der Waals surface area (Å²) in [5.41, 5.74) is 7.56. The van der Waals surface area contributed by atoms with Gasteiger partial charge in [0.15, 0.2) is 41.9 Å². The molecule has 64 heavy (non-hydrogen) atoms. The van der Waals surface area contributed by atoms with E-state index in [1.54, 1.807) is 74.5 Å². The lowest BCUT2D eigenvalue weighted by Crippen LogP contribution is -2.53. The molecule has 2 aromatic heterocycles. The summed E-state index contributed by atoms with van der Waals surface area (Å²) in [4.78, 5) is 61.8. The van der Waals surface area contributed by atoms with Crippen molar-refractivity contribution in [1.82, 2.24) is 19.5 Å². The van der Waals surface area contributed by atoms with E-state index in [9.17, 15) is 19.2 Å². The number of hydrogen-bond acceptors (Lipinski definition) is 20. The van der Waals surface area contributed by atoms with Gasteiger partial charge in [0.2, 0.25) is 6.29 Å². The maximum Gasteiger partial charge on any atom is 0.345 e. The van der Waals surface area contributed by atoms with Gasteiger partial charge in [-0.2, -0.15) is 0 Å². The molecule has 2 saturated heterocycles. The first kappa shape index (κ1) is 48.3. The number of carbonyl (C=O) groups excluding carboxylic acids is 4. The lowest BCUT2D eigenvalue weighted by Gasteiger charge is -2.44. The molecule has 2 fully saturated rings. The predicted octanol–water partition coefficient (Wildman–Crippen LogP) is 5.47. The van der Waals surface area contributed by atoms with Crippen molar-refractivity contribution < 1.29 is 74.8 Å². The summed E-state index contributed by atoms with van der Waals surface area (Å²) in [6.45, 7) is 6.77. The van der Waals surface area contributed by atoms with Gasteiger partial charge in [0.05, 0.1) is 32.3 Å². The summed E-state index contributed by atoms with van der Waals surface area (Å²) in [6.07, 6.45) is -6.33. The van der Waals surface area contributed by atoms with Gasteiger partial charge in [-0.1, -0.05) is 74.5 Å². The number of esters is 4. The fraction of sp³-hybridized carbons (Fsp3) is 0.488. The van der Waals surface area contributed by atoms with E-state index in [2.05, 4.69) is 15.0 Å². The first-order valence-corrected chi connectivity index (χ1v) is 23.7. The molecule has 0 saturated carbocycles. The van der Waals surface area contributed by atoms with Gasteiger partial charge in [-0.15, -0.1) is 0 Å². The highest BCUT2D eigenvalue weighted by atomic mass is 31.2. The van der Waals surface area contributed by atoms with Crippen molar-refractivity contribution >= 4 is 56.1 Å². The second-order valence-corrected chi connectivity index (χ2v) is 19.8. The van der Waals surface area contributed by atoms with Gasteiger partial charge < -0.3 is 47.7 Å². The van der Waals surface area contributed by atoms with Gasteiger partial charge in [-0.3, -0.25) is 37.4 Å². The predicted molar refractivity (Wildman–Crippen MR) is 224 cm³/mol. The number of benzene rings is 2. The molecule has 0 aliphatic carbocycles. The minimum Gasteiger partial charge on any atom is -0.463 e. The zero-order valence-electron chi connectivity index (χ0n) is 36.0. The van der Waals surface area contributed by atoms with E-state index in [1.165, 1.54) is 31.1 Å². The van der Waals surface area contributed by atoms with Crippen LogP contribution in [0.4, 0.5) is 5.82 Å². The Morgan fingerprint density at radius 1 is 0.672 bits per heavy atom. The van der Waals surface area contributed by atoms with Crippen molar-refractivity contribution in [3.8, 4) is 0 Å². The monoisotopic (exact) mass is 931 g/mol. The minimum absolute atomic E-state index is 0.0570. The second kappa shape index (κ2) is 21.3. The van der Waals surface area contributed by atoms with Crippen LogP contribution in [-0.4, -0.2) is 99.3 Å². The third-order valence-corrected chi connectivity index (χ3v) is 15.3. The van der Waals surface area contributed by atoms with Crippen LogP contribution in [0.25, 0.3) is 11.2 Å². The van der Waals surface area contributed by atoms with E-state index < -0.39 is 101 Å². The van der Waals surface area contributed by atoms with Gasteiger partial charge in [0, 0.05) is 33.6 Å². The molecule has 23 heteroatoms. The Hall–Kier alpha value is -5.11. The van der Waals surface area contributed by atoms with Crippen LogP contribution < -0.4 is 5.73 Å². The molecular formula is C41H51N5O16P2. The third-order valence-electron chi connectivity index (χ3n) is 10.4. The maximum atomic E-state index is 15.3. The van der Waals surface area contributed by atoms with Gasteiger partial charge in [-0.25, -0.2) is 15.0 Å². The number of nitrogens with zero attached hydrogens (tertiary/aromatic N) is 4. The number of anilines is 1. The van der Waals surface area contributed by atoms with Crippen molar-refractivity contribution in [3.05, 3.63) is 84.4 Å². The lowest BCUT2D eigenvalue weighted by molar-refractivity contribution is -0.255. The average molecular weight is 932 g/mol. The molecule has 0 amide bonds. The molecule has 0 radical (unpaired) electrons. The molecular weight excluding hydrogens is 880 g/mol. The van der Waals surface area contributed by atoms with Crippen LogP contribution >= 0.6 is 15.2 Å². The molecule has 2 N–H and O–H groups in total. The molecule has 0 bridgehead atoms. The topological polar surface area (TPSA) is 264 Å². The molecule has 21 nitrogen and oxygen atoms in total. The number of carbonyl (C=O) groups is 4. The molecule has 0 spiro atoms. The zero-order valence-corrected chi connectivity index (χ0v) is 37.7. The lowest BCUT2D eigenvalue weighted by atomic mass is 9.83. The summed E-state index contributed by atoms with van der Waals surface area (Å²) >= 11 is 0. The summed E-state index contributed by atoms with van der Waals surface area (Å²) in [6, 6.07) is 17.3. The summed E-state index contributed by atoms with van der Waals surface area (Å²) in [7, 11) is -9.50. The van der Waals surface area contributed by atoms with Crippen molar-refractivity contribution in [1.29, 1.82) is 0 Å². The fourth-order valence-corrected chi connectivity index (χ4v) is 11.8. The van der Waals surface area contributed by atoms with Crippen LogP contribution in [0.5, 0.6) is 0 Å².